The van der Waals surface area contributed by atoms with Crippen molar-refractivity contribution < 1.29 is 22.7 Å². The second kappa shape index (κ2) is 7.97. The predicted molar refractivity (Wildman–Crippen MR) is 101 cm³/mol. The Morgan fingerprint density at radius 2 is 1.89 bits per heavy atom. The van der Waals surface area contributed by atoms with Gasteiger partial charge in [0.2, 0.25) is 15.9 Å². The largest absolute Gasteiger partial charge is 0.497 e. The van der Waals surface area contributed by atoms with Crippen LogP contribution in [0, 0.1) is 13.8 Å². The van der Waals surface area contributed by atoms with Crippen LogP contribution in [0.3, 0.4) is 0 Å². The SMILES string of the molecule is COc1ccc(OC)c(NC(=O)Cn2nc(C)c(S(=O)(=O)N(C)C)c2C)c1. The van der Waals surface area contributed by atoms with Crippen molar-refractivity contribution >= 4 is 21.6 Å². The zero-order valence-corrected chi connectivity index (χ0v) is 17.0. The molecule has 2 rings (SSSR count). The number of benzene rings is 1. The lowest BCUT2D eigenvalue weighted by atomic mass is 10.2. The van der Waals surface area contributed by atoms with Gasteiger partial charge in [-0.1, -0.05) is 0 Å². The molecule has 0 radical (unpaired) electrons. The van der Waals surface area contributed by atoms with Gasteiger partial charge < -0.3 is 14.8 Å². The molecule has 0 spiro atoms. The number of sulfonamides is 1. The van der Waals surface area contributed by atoms with Gasteiger partial charge in [0.05, 0.1) is 31.3 Å². The van der Waals surface area contributed by atoms with E-state index in [4.69, 9.17) is 9.47 Å². The van der Waals surface area contributed by atoms with Crippen molar-refractivity contribution in [3.8, 4) is 11.5 Å². The average molecular weight is 396 g/mol. The number of nitrogens with one attached hydrogen (secondary N) is 1. The number of ether oxygens (including phenoxy) is 2. The molecule has 10 heteroatoms. The molecule has 1 aromatic carbocycles. The van der Waals surface area contributed by atoms with Gasteiger partial charge in [-0.2, -0.15) is 5.10 Å². The smallest absolute Gasteiger partial charge is 0.246 e. The number of carbonyl (C=O) groups excluding carboxylic acids is 1. The number of methoxy groups -OCH3 is 2. The minimum Gasteiger partial charge on any atom is -0.497 e. The summed E-state index contributed by atoms with van der Waals surface area (Å²) in [6.45, 7) is 3.08. The number of amides is 1. The Morgan fingerprint density at radius 1 is 1.22 bits per heavy atom. The van der Waals surface area contributed by atoms with Crippen LogP contribution in [0.4, 0.5) is 5.69 Å². The fourth-order valence-corrected chi connectivity index (χ4v) is 3.89. The fraction of sp³-hybridized carbons (Fsp3) is 0.412. The molecule has 0 aliphatic heterocycles. The molecule has 0 fully saturated rings. The van der Waals surface area contributed by atoms with Crippen LogP contribution in [-0.2, 0) is 21.4 Å². The van der Waals surface area contributed by atoms with E-state index in [1.807, 2.05) is 0 Å². The summed E-state index contributed by atoms with van der Waals surface area (Å²) in [4.78, 5) is 12.6. The highest BCUT2D eigenvalue weighted by molar-refractivity contribution is 7.89. The van der Waals surface area contributed by atoms with Crippen LogP contribution < -0.4 is 14.8 Å². The summed E-state index contributed by atoms with van der Waals surface area (Å²) in [6.07, 6.45) is 0. The van der Waals surface area contributed by atoms with Crippen molar-refractivity contribution in [2.75, 3.05) is 33.6 Å². The van der Waals surface area contributed by atoms with E-state index in [9.17, 15) is 13.2 Å². The Bertz CT molecular complexity index is 950. The summed E-state index contributed by atoms with van der Waals surface area (Å²) in [5, 5.41) is 6.95. The Hall–Kier alpha value is -2.59. The molecule has 1 amide bonds. The third kappa shape index (κ3) is 4.22. The molecule has 1 heterocycles. The molecule has 27 heavy (non-hydrogen) atoms. The Morgan fingerprint density at radius 3 is 2.44 bits per heavy atom. The molecule has 0 saturated heterocycles. The Kier molecular flexibility index (Phi) is 6.11. The minimum atomic E-state index is -3.65. The third-order valence-electron chi connectivity index (χ3n) is 4.03. The van der Waals surface area contributed by atoms with Crippen LogP contribution in [0.25, 0.3) is 0 Å². The van der Waals surface area contributed by atoms with Gasteiger partial charge in [-0.3, -0.25) is 9.48 Å². The van der Waals surface area contributed by atoms with Crippen molar-refractivity contribution in [3.63, 3.8) is 0 Å². The van der Waals surface area contributed by atoms with E-state index in [0.717, 1.165) is 4.31 Å². The van der Waals surface area contributed by atoms with E-state index in [-0.39, 0.29) is 17.3 Å². The molecule has 0 bridgehead atoms. The molecule has 0 unspecified atom stereocenters. The molecule has 2 aromatic rings. The lowest BCUT2D eigenvalue weighted by Gasteiger charge is -2.13. The van der Waals surface area contributed by atoms with Gasteiger partial charge >= 0.3 is 0 Å². The van der Waals surface area contributed by atoms with E-state index in [1.54, 1.807) is 32.0 Å². The van der Waals surface area contributed by atoms with Crippen molar-refractivity contribution in [2.45, 2.75) is 25.3 Å². The van der Waals surface area contributed by atoms with Crippen LogP contribution in [-0.4, -0.2) is 56.7 Å². The molecule has 148 valence electrons. The molecular formula is C17H24N4O5S. The van der Waals surface area contributed by atoms with E-state index in [0.29, 0.717) is 28.6 Å². The van der Waals surface area contributed by atoms with E-state index in [2.05, 4.69) is 10.4 Å². The number of rotatable bonds is 7. The maximum atomic E-state index is 12.5. The zero-order valence-electron chi connectivity index (χ0n) is 16.2. The first-order valence-electron chi connectivity index (χ1n) is 8.10. The molecule has 0 atom stereocenters. The van der Waals surface area contributed by atoms with Gasteiger partial charge in [-0.15, -0.1) is 0 Å². The summed E-state index contributed by atoms with van der Waals surface area (Å²) in [7, 11) is 2.27. The summed E-state index contributed by atoms with van der Waals surface area (Å²) in [5.74, 6) is 0.672. The summed E-state index contributed by atoms with van der Waals surface area (Å²) >= 11 is 0. The first-order valence-corrected chi connectivity index (χ1v) is 9.54. The minimum absolute atomic E-state index is 0.110. The van der Waals surface area contributed by atoms with E-state index in [1.165, 1.54) is 33.0 Å². The predicted octanol–water partition coefficient (Wildman–Crippen LogP) is 1.41. The van der Waals surface area contributed by atoms with Crippen molar-refractivity contribution in [1.82, 2.24) is 14.1 Å². The molecule has 0 aliphatic carbocycles. The fourth-order valence-electron chi connectivity index (χ4n) is 2.63. The van der Waals surface area contributed by atoms with Crippen LogP contribution in [0.15, 0.2) is 23.1 Å². The van der Waals surface area contributed by atoms with E-state index < -0.39 is 10.0 Å². The number of aromatic nitrogens is 2. The maximum Gasteiger partial charge on any atom is 0.246 e. The number of anilines is 1. The summed E-state index contributed by atoms with van der Waals surface area (Å²) in [5.41, 5.74) is 1.19. The normalized spacial score (nSPS) is 11.5. The second-order valence-corrected chi connectivity index (χ2v) is 8.15. The van der Waals surface area contributed by atoms with Gasteiger partial charge in [-0.25, -0.2) is 12.7 Å². The molecule has 0 saturated carbocycles. The molecule has 9 nitrogen and oxygen atoms in total. The highest BCUT2D eigenvalue weighted by atomic mass is 32.2. The summed E-state index contributed by atoms with van der Waals surface area (Å²) < 4.78 is 37.8. The monoisotopic (exact) mass is 396 g/mol. The zero-order chi connectivity index (χ0) is 20.4. The molecule has 1 N–H and O–H groups in total. The van der Waals surface area contributed by atoms with Crippen molar-refractivity contribution in [1.29, 1.82) is 0 Å². The van der Waals surface area contributed by atoms with Crippen LogP contribution in [0.5, 0.6) is 11.5 Å². The quantitative estimate of drug-likeness (QED) is 0.759. The number of aryl methyl sites for hydroxylation is 1. The summed E-state index contributed by atoms with van der Waals surface area (Å²) in [6, 6.07) is 5.03. The Labute approximate surface area is 158 Å². The van der Waals surface area contributed by atoms with Gasteiger partial charge in [0.1, 0.15) is 22.9 Å². The standard InChI is InChI=1S/C17H24N4O5S/c1-11-17(27(23,24)20(3)4)12(2)21(19-11)10-16(22)18-14-9-13(25-5)7-8-15(14)26-6/h7-9H,10H2,1-6H3,(H,18,22). The number of hydrogen-bond donors (Lipinski definition) is 1. The lowest BCUT2D eigenvalue weighted by Crippen LogP contribution is -2.24. The van der Waals surface area contributed by atoms with Crippen molar-refractivity contribution in [2.24, 2.45) is 0 Å². The Balaban J connectivity index is 2.28. The number of hydrogen-bond acceptors (Lipinski definition) is 6. The van der Waals surface area contributed by atoms with Gasteiger partial charge in [0, 0.05) is 20.2 Å². The van der Waals surface area contributed by atoms with E-state index >= 15 is 0 Å². The lowest BCUT2D eigenvalue weighted by molar-refractivity contribution is -0.117. The van der Waals surface area contributed by atoms with Gasteiger partial charge in [0.15, 0.2) is 0 Å². The van der Waals surface area contributed by atoms with Crippen LogP contribution in [0.2, 0.25) is 0 Å². The third-order valence-corrected chi connectivity index (χ3v) is 6.10. The van der Waals surface area contributed by atoms with Crippen molar-refractivity contribution in [3.05, 3.63) is 29.6 Å². The maximum absolute atomic E-state index is 12.5. The van der Waals surface area contributed by atoms with Gasteiger partial charge in [-0.05, 0) is 26.0 Å². The van der Waals surface area contributed by atoms with Crippen LogP contribution in [0.1, 0.15) is 11.4 Å². The first kappa shape index (κ1) is 20.7. The molecular weight excluding hydrogens is 372 g/mol. The second-order valence-electron chi connectivity index (χ2n) is 6.06. The van der Waals surface area contributed by atoms with Crippen LogP contribution >= 0.6 is 0 Å². The highest BCUT2D eigenvalue weighted by Crippen LogP contribution is 2.29. The number of carbonyl (C=O) groups is 1. The highest BCUT2D eigenvalue weighted by Gasteiger charge is 2.27. The molecule has 1 aromatic heterocycles. The number of nitrogens with zero attached hydrogens (tertiary/aromatic N) is 3. The molecule has 0 aliphatic rings. The average Bonchev–Trinajstić information content (AvgIpc) is 2.88. The first-order chi connectivity index (χ1) is 12.6. The van der Waals surface area contributed by atoms with Gasteiger partial charge in [0.25, 0.3) is 0 Å². The topological polar surface area (TPSA) is 103 Å².